The third kappa shape index (κ3) is 5.12. The molecule has 9 rings (SSSR count). The fourth-order valence-electron chi connectivity index (χ4n) is 7.04. The quantitative estimate of drug-likeness (QED) is 0.171. The fourth-order valence-corrected chi connectivity index (χ4v) is 7.04. The van der Waals surface area contributed by atoms with Crippen LogP contribution in [0.4, 0.5) is 56.1 Å². The number of benzene rings is 7. The van der Waals surface area contributed by atoms with E-state index in [0.29, 0.717) is 45.7 Å². The molecule has 0 unspecified atom stereocenters. The SMILES string of the molecule is Fc1ccc(-c2c(N3c4ccccc4Oc4ccccc43)cc(N3c4ccccc4Oc4ccccc43)c(-c3ccc(F)cc3)c2C(F)(F)F)cc1. The van der Waals surface area contributed by atoms with Crippen molar-refractivity contribution in [3.05, 3.63) is 169 Å². The third-order valence-corrected chi connectivity index (χ3v) is 9.18. The van der Waals surface area contributed by atoms with Crippen molar-refractivity contribution in [2.24, 2.45) is 0 Å². The highest BCUT2D eigenvalue weighted by atomic mass is 19.4. The van der Waals surface area contributed by atoms with Crippen LogP contribution in [0.15, 0.2) is 152 Å². The van der Waals surface area contributed by atoms with E-state index in [0.717, 1.165) is 24.3 Å². The van der Waals surface area contributed by atoms with E-state index in [4.69, 9.17) is 9.47 Å². The van der Waals surface area contributed by atoms with Gasteiger partial charge in [-0.1, -0.05) is 72.8 Å². The van der Waals surface area contributed by atoms with E-state index in [2.05, 4.69) is 0 Å². The van der Waals surface area contributed by atoms with Gasteiger partial charge in [-0.25, -0.2) is 8.78 Å². The summed E-state index contributed by atoms with van der Waals surface area (Å²) in [6.45, 7) is 0. The van der Waals surface area contributed by atoms with Crippen LogP contribution in [0.25, 0.3) is 22.3 Å². The first kappa shape index (κ1) is 31.4. The second-order valence-corrected chi connectivity index (χ2v) is 12.3. The first-order chi connectivity index (χ1) is 25.3. The molecule has 7 aromatic rings. The van der Waals surface area contributed by atoms with E-state index in [1.165, 1.54) is 24.3 Å². The molecule has 0 aromatic heterocycles. The Hall–Kier alpha value is -6.61. The molecule has 9 heteroatoms. The summed E-state index contributed by atoms with van der Waals surface area (Å²) < 4.78 is 90.3. The summed E-state index contributed by atoms with van der Waals surface area (Å²) in [7, 11) is 0. The lowest BCUT2D eigenvalue weighted by molar-refractivity contribution is -0.136. The highest BCUT2D eigenvalue weighted by Crippen LogP contribution is 2.60. The molecule has 0 N–H and O–H groups in total. The maximum absolute atomic E-state index is 16.3. The monoisotopic (exact) mass is 696 g/mol. The molecule has 0 bridgehead atoms. The van der Waals surface area contributed by atoms with E-state index in [9.17, 15) is 8.78 Å². The molecule has 0 saturated heterocycles. The van der Waals surface area contributed by atoms with Gasteiger partial charge in [0.1, 0.15) is 11.6 Å². The summed E-state index contributed by atoms with van der Waals surface area (Å²) in [5, 5.41) is 0. The van der Waals surface area contributed by atoms with Gasteiger partial charge in [0, 0.05) is 11.1 Å². The largest absolute Gasteiger partial charge is 0.453 e. The molecule has 0 atom stereocenters. The van der Waals surface area contributed by atoms with E-state index < -0.39 is 23.4 Å². The molecule has 0 saturated carbocycles. The van der Waals surface area contributed by atoms with Crippen molar-refractivity contribution >= 4 is 34.1 Å². The Morgan fingerprint density at radius 1 is 0.385 bits per heavy atom. The van der Waals surface area contributed by atoms with Gasteiger partial charge in [0.05, 0.1) is 39.7 Å². The highest BCUT2D eigenvalue weighted by molar-refractivity contribution is 6.04. The first-order valence-electron chi connectivity index (χ1n) is 16.4. The summed E-state index contributed by atoms with van der Waals surface area (Å²) in [6, 6.07) is 40.1. The van der Waals surface area contributed by atoms with Crippen LogP contribution >= 0.6 is 0 Å². The van der Waals surface area contributed by atoms with Crippen LogP contribution in [-0.4, -0.2) is 0 Å². The van der Waals surface area contributed by atoms with Gasteiger partial charge in [0.15, 0.2) is 23.0 Å². The van der Waals surface area contributed by atoms with Crippen LogP contribution in [0.2, 0.25) is 0 Å². The summed E-state index contributed by atoms with van der Waals surface area (Å²) in [4.78, 5) is 3.50. The second-order valence-electron chi connectivity index (χ2n) is 12.3. The van der Waals surface area contributed by atoms with Gasteiger partial charge < -0.3 is 19.3 Å². The Morgan fingerprint density at radius 3 is 1.00 bits per heavy atom. The van der Waals surface area contributed by atoms with Crippen molar-refractivity contribution in [2.45, 2.75) is 6.18 Å². The summed E-state index contributed by atoms with van der Waals surface area (Å²) in [6.07, 6.45) is -4.98. The predicted octanol–water partition coefficient (Wildman–Crippen LogP) is 13.5. The molecule has 4 nitrogen and oxygen atoms in total. The summed E-state index contributed by atoms with van der Waals surface area (Å²) in [5.41, 5.74) is 1.19. The lowest BCUT2D eigenvalue weighted by Crippen LogP contribution is -2.22. The molecular weight excluding hydrogens is 671 g/mol. The summed E-state index contributed by atoms with van der Waals surface area (Å²) >= 11 is 0. The van der Waals surface area contributed by atoms with Crippen LogP contribution in [0.1, 0.15) is 5.56 Å². The lowest BCUT2D eigenvalue weighted by atomic mass is 9.86. The van der Waals surface area contributed by atoms with Crippen molar-refractivity contribution in [2.75, 3.05) is 9.80 Å². The number of fused-ring (bicyclic) bond motifs is 4. The van der Waals surface area contributed by atoms with Gasteiger partial charge >= 0.3 is 6.18 Å². The average molecular weight is 697 g/mol. The van der Waals surface area contributed by atoms with Gasteiger partial charge in [-0.3, -0.25) is 0 Å². The van der Waals surface area contributed by atoms with Gasteiger partial charge in [-0.05, 0) is 90.0 Å². The van der Waals surface area contributed by atoms with Crippen molar-refractivity contribution in [3.8, 4) is 45.3 Å². The minimum atomic E-state index is -4.98. The molecule has 2 aliphatic heterocycles. The zero-order valence-electron chi connectivity index (χ0n) is 27.0. The number of rotatable bonds is 4. The van der Waals surface area contributed by atoms with Crippen molar-refractivity contribution in [1.82, 2.24) is 0 Å². The van der Waals surface area contributed by atoms with Crippen LogP contribution in [-0.2, 0) is 6.18 Å². The molecule has 0 aliphatic carbocycles. The highest BCUT2D eigenvalue weighted by Gasteiger charge is 2.43. The van der Waals surface area contributed by atoms with E-state index in [-0.39, 0.29) is 33.6 Å². The third-order valence-electron chi connectivity index (χ3n) is 9.18. The van der Waals surface area contributed by atoms with Gasteiger partial charge in [-0.15, -0.1) is 0 Å². The van der Waals surface area contributed by atoms with Crippen molar-refractivity contribution in [3.63, 3.8) is 0 Å². The fraction of sp³-hybridized carbons (Fsp3) is 0.0233. The van der Waals surface area contributed by atoms with Crippen molar-refractivity contribution in [1.29, 1.82) is 0 Å². The lowest BCUT2D eigenvalue weighted by Gasteiger charge is -2.39. The molecule has 52 heavy (non-hydrogen) atoms. The van der Waals surface area contributed by atoms with E-state index in [1.807, 2.05) is 0 Å². The minimum Gasteiger partial charge on any atom is -0.453 e. The van der Waals surface area contributed by atoms with E-state index >= 15 is 13.2 Å². The standard InChI is InChI=1S/C43H25F5N2O2/c44-28-21-17-26(18-22-28)40-34(49-30-9-1-5-13-36(30)51-37-14-6-2-10-31(37)49)25-35(41(42(40)43(46,47)48)27-19-23-29(45)24-20-27)50-32-11-3-7-15-38(32)52-39-16-8-4-12-33(39)50/h1-25H. The van der Waals surface area contributed by atoms with Gasteiger partial charge in [0.2, 0.25) is 0 Å². The maximum Gasteiger partial charge on any atom is 0.417 e. The number of halogens is 5. The predicted molar refractivity (Wildman–Crippen MR) is 192 cm³/mol. The molecule has 2 heterocycles. The Bertz CT molecular complexity index is 2240. The molecular formula is C43H25F5N2O2. The van der Waals surface area contributed by atoms with E-state index in [1.54, 1.807) is 113 Å². The number of hydrogen-bond donors (Lipinski definition) is 0. The van der Waals surface area contributed by atoms with Gasteiger partial charge in [0.25, 0.3) is 0 Å². The average Bonchev–Trinajstić information content (AvgIpc) is 3.15. The Balaban J connectivity index is 1.49. The molecule has 2 aliphatic rings. The maximum atomic E-state index is 16.3. The second kappa shape index (κ2) is 12.0. The Labute approximate surface area is 295 Å². The Morgan fingerprint density at radius 2 is 0.692 bits per heavy atom. The number of anilines is 6. The normalized spacial score (nSPS) is 12.9. The number of alkyl halides is 3. The first-order valence-corrected chi connectivity index (χ1v) is 16.4. The minimum absolute atomic E-state index is 0.128. The Kier molecular flexibility index (Phi) is 7.25. The molecule has 254 valence electrons. The number of ether oxygens (including phenoxy) is 2. The molecule has 0 amide bonds. The van der Waals surface area contributed by atoms with Crippen LogP contribution < -0.4 is 19.3 Å². The summed E-state index contributed by atoms with van der Waals surface area (Å²) in [5.74, 6) is 0.546. The van der Waals surface area contributed by atoms with Crippen LogP contribution in [0.5, 0.6) is 23.0 Å². The van der Waals surface area contributed by atoms with Crippen LogP contribution in [0.3, 0.4) is 0 Å². The topological polar surface area (TPSA) is 24.9 Å². The van der Waals surface area contributed by atoms with Crippen molar-refractivity contribution < 1.29 is 31.4 Å². The molecule has 7 aromatic carbocycles. The number of nitrogens with zero attached hydrogens (tertiary/aromatic N) is 2. The zero-order valence-corrected chi connectivity index (χ0v) is 27.0. The molecule has 0 radical (unpaired) electrons. The van der Waals surface area contributed by atoms with Gasteiger partial charge in [-0.2, -0.15) is 13.2 Å². The number of hydrogen-bond acceptors (Lipinski definition) is 4. The number of para-hydroxylation sites is 8. The molecule has 0 fully saturated rings. The smallest absolute Gasteiger partial charge is 0.417 e. The molecule has 0 spiro atoms. The van der Waals surface area contributed by atoms with Crippen LogP contribution in [0, 0.1) is 11.6 Å². The zero-order chi connectivity index (χ0) is 35.6.